The van der Waals surface area contributed by atoms with Crippen LogP contribution in [0, 0.1) is 0 Å². The molecule has 1 heteroatoms. The van der Waals surface area contributed by atoms with E-state index in [9.17, 15) is 17.8 Å². The van der Waals surface area contributed by atoms with Gasteiger partial charge in [0, 0.05) is 16.3 Å². The smallest absolute Gasteiger partial charge is 0.143 e. The maximum Gasteiger partial charge on any atom is 0.143 e. The van der Waals surface area contributed by atoms with E-state index < -0.39 is 320 Å². The number of hydrogen-bond donors (Lipinski definition) is 0. The Labute approximate surface area is 376 Å². The van der Waals surface area contributed by atoms with Gasteiger partial charge in [-0.25, -0.2) is 0 Å². The van der Waals surface area contributed by atoms with Crippen LogP contribution in [0.25, 0.3) is 120 Å². The van der Waals surface area contributed by atoms with E-state index in [2.05, 4.69) is 0 Å². The molecule has 1 aromatic heterocycles. The minimum Gasteiger partial charge on any atom is -0.455 e. The number of para-hydroxylation sites is 1. The summed E-state index contributed by atoms with van der Waals surface area (Å²) in [5.74, 6) is 0. The van der Waals surface area contributed by atoms with Crippen molar-refractivity contribution in [2.75, 3.05) is 0 Å². The summed E-state index contributed by atoms with van der Waals surface area (Å²) < 4.78 is 308. The first-order valence-corrected chi connectivity index (χ1v) is 17.0. The van der Waals surface area contributed by atoms with Crippen molar-refractivity contribution in [3.63, 3.8) is 0 Å². The molecule has 264 valence electrons. The normalized spacial score (nSPS) is 20.0. The van der Waals surface area contributed by atoms with E-state index in [4.69, 9.17) is 31.8 Å². The van der Waals surface area contributed by atoms with Crippen LogP contribution < -0.4 is 0 Å². The number of rotatable bonds is 4. The summed E-state index contributed by atoms with van der Waals surface area (Å²) >= 11 is 0. The van der Waals surface area contributed by atoms with Crippen LogP contribution in [-0.2, 0) is 0 Å². The molecule has 0 bridgehead atoms. The second-order valence-electron chi connectivity index (χ2n) is 12.6. The lowest BCUT2D eigenvalue weighted by Gasteiger charge is -2.20. The third kappa shape index (κ3) is 4.89. The third-order valence-corrected chi connectivity index (χ3v) is 9.57. The lowest BCUT2D eigenvalue weighted by atomic mass is 9.83. The van der Waals surface area contributed by atoms with E-state index in [-0.39, 0.29) is 0 Å². The van der Waals surface area contributed by atoms with Crippen molar-refractivity contribution in [1.82, 2.24) is 0 Å². The van der Waals surface area contributed by atoms with Gasteiger partial charge in [-0.05, 0) is 111 Å². The summed E-state index contributed by atoms with van der Waals surface area (Å²) in [6, 6.07) is -30.4. The average Bonchev–Trinajstić information content (AvgIpc) is 0.731. The minimum atomic E-state index is -1.13. The maximum atomic E-state index is 10.1. The second kappa shape index (κ2) is 12.5. The molecule has 0 saturated carbocycles. The van der Waals surface area contributed by atoms with Gasteiger partial charge in [0.15, 0.2) is 0 Å². The van der Waals surface area contributed by atoms with E-state index in [1.165, 1.54) is 0 Å². The Balaban J connectivity index is 1.29. The van der Waals surface area contributed by atoms with Crippen LogP contribution in [0.1, 0.15) is 45.2 Å². The first kappa shape index (κ1) is 13.3. The summed E-state index contributed by atoms with van der Waals surface area (Å²) in [7, 11) is 0. The fraction of sp³-hybridized carbons (Fsp3) is 0. The largest absolute Gasteiger partial charge is 0.455 e. The molecule has 0 unspecified atom stereocenters. The fourth-order valence-corrected chi connectivity index (χ4v) is 7.14. The van der Waals surface area contributed by atoms with Gasteiger partial charge in [0.25, 0.3) is 0 Å². The quantitative estimate of drug-likeness (QED) is 0.163. The molecule has 12 rings (SSSR count). The number of fused-ring (bicyclic) bond motifs is 8. The Kier molecular flexibility index (Phi) is 2.93. The molecule has 1 nitrogen and oxygen atoms in total. The maximum absolute atomic E-state index is 10.1. The average molecular weight is 756 g/mol. The first-order chi connectivity index (χ1) is 42.0. The molecular formula is C56H34O. The van der Waals surface area contributed by atoms with Crippen molar-refractivity contribution in [3.05, 3.63) is 205 Å². The first-order valence-electron chi connectivity index (χ1n) is 33.5. The summed E-state index contributed by atoms with van der Waals surface area (Å²) in [6.07, 6.45) is 0. The van der Waals surface area contributed by atoms with Crippen LogP contribution >= 0.6 is 0 Å². The summed E-state index contributed by atoms with van der Waals surface area (Å²) in [5, 5.41) is -8.32. The SMILES string of the molecule is [2H]c1c([2H])c([2H])c2c(oc3c([2H])cc(-c4c([2H])c([2H])c(-c5c6c([2H])c([2H])c([2H])c([2H])c6c(-c6c([2H])c([2H])c([2H])c7c([2H])c([2H])c([2H])c([2H])c67)c6c([2H])c([2H])c([2H])c([2H])c56)c5c([2H])c([2H])c([2H])c([2H])c45)c([2H])c32)c1-c1c([2H])c([2H])c2c([2H])c([2H])c([2H])c([2H])c2c1[2H]. The molecule has 0 radical (unpaired) electrons. The van der Waals surface area contributed by atoms with Crippen LogP contribution in [0.4, 0.5) is 0 Å². The Morgan fingerprint density at radius 1 is 0.298 bits per heavy atom. The molecule has 0 fully saturated rings. The lowest BCUT2D eigenvalue weighted by Crippen LogP contribution is -1.93. The van der Waals surface area contributed by atoms with Gasteiger partial charge in [-0.1, -0.05) is 187 Å². The highest BCUT2D eigenvalue weighted by Crippen LogP contribution is 2.48. The van der Waals surface area contributed by atoms with Crippen molar-refractivity contribution in [2.45, 2.75) is 0 Å². The molecule has 0 aliphatic carbocycles. The van der Waals surface area contributed by atoms with Gasteiger partial charge in [0.1, 0.15) is 11.2 Å². The third-order valence-electron chi connectivity index (χ3n) is 9.57. The highest BCUT2D eigenvalue weighted by molar-refractivity contribution is 6.26. The standard InChI is InChI=1S/C56H34O/c1-2-15-37-33-38(28-27-35(37)13-1)42-24-12-26-51-52-34-39(29-32-53(52)57-56(42)51)41-30-31-50(44-19-6-5-18-43(41)44)55-48-22-9-7-20-46(48)54(47-21-8-10-23-49(47)55)45-25-11-16-36-14-3-4-17-40(36)45/h1-34H/i1D,2D,3D,4D,5D,6D,7D,8D,9D,10D,11D,12D,13D,14D,15D,16D,17D,18D,19D,20D,21D,22D,23D,24D,25D,26D,27D,28D,30D,31D,32D,33D,34D. The molecule has 1 heterocycles. The Morgan fingerprint density at radius 3 is 1.53 bits per heavy atom. The van der Waals surface area contributed by atoms with Crippen LogP contribution in [0.2, 0.25) is 0 Å². The van der Waals surface area contributed by atoms with E-state index in [0.717, 1.165) is 6.07 Å². The van der Waals surface area contributed by atoms with Gasteiger partial charge in [0.05, 0.1) is 45.2 Å². The van der Waals surface area contributed by atoms with E-state index in [1.54, 1.807) is 0 Å². The predicted molar refractivity (Wildman–Crippen MR) is 243 cm³/mol. The van der Waals surface area contributed by atoms with E-state index >= 15 is 0 Å². The van der Waals surface area contributed by atoms with Crippen LogP contribution in [0.5, 0.6) is 0 Å². The van der Waals surface area contributed by atoms with Crippen molar-refractivity contribution in [3.8, 4) is 44.5 Å². The molecule has 0 N–H and O–H groups in total. The molecule has 0 saturated heterocycles. The van der Waals surface area contributed by atoms with Gasteiger partial charge >= 0.3 is 0 Å². The summed E-state index contributed by atoms with van der Waals surface area (Å²) in [5.41, 5.74) is -7.09. The molecule has 11 aromatic carbocycles. The molecule has 0 aliphatic heterocycles. The van der Waals surface area contributed by atoms with Gasteiger partial charge in [-0.2, -0.15) is 0 Å². The topological polar surface area (TPSA) is 13.1 Å². The number of benzene rings is 11. The lowest BCUT2D eigenvalue weighted by molar-refractivity contribution is 0.670. The molecule has 0 spiro atoms. The second-order valence-corrected chi connectivity index (χ2v) is 12.6. The van der Waals surface area contributed by atoms with E-state index in [1.807, 2.05) is 0 Å². The highest BCUT2D eigenvalue weighted by Gasteiger charge is 2.20. The van der Waals surface area contributed by atoms with Crippen LogP contribution in [0.15, 0.2) is 210 Å². The molecule has 57 heavy (non-hydrogen) atoms. The molecule has 0 amide bonds. The zero-order chi connectivity index (χ0) is 66.2. The zero-order valence-corrected chi connectivity index (χ0v) is 28.5. The molecule has 0 aliphatic rings. The van der Waals surface area contributed by atoms with Crippen molar-refractivity contribution in [2.24, 2.45) is 0 Å². The van der Waals surface area contributed by atoms with Gasteiger partial charge in [0.2, 0.25) is 0 Å². The molecular weight excluding hydrogens is 689 g/mol. The van der Waals surface area contributed by atoms with Gasteiger partial charge in [-0.3, -0.25) is 0 Å². The van der Waals surface area contributed by atoms with E-state index in [0.29, 0.717) is 0 Å². The fourth-order valence-electron chi connectivity index (χ4n) is 7.14. The van der Waals surface area contributed by atoms with Crippen molar-refractivity contribution in [1.29, 1.82) is 0 Å². The molecule has 0 atom stereocenters. The Morgan fingerprint density at radius 2 is 0.807 bits per heavy atom. The summed E-state index contributed by atoms with van der Waals surface area (Å²) in [4.78, 5) is 0. The van der Waals surface area contributed by atoms with Gasteiger partial charge in [-0.15, -0.1) is 0 Å². The van der Waals surface area contributed by atoms with Crippen molar-refractivity contribution >= 4 is 75.8 Å². The van der Waals surface area contributed by atoms with Gasteiger partial charge < -0.3 is 4.42 Å². The summed E-state index contributed by atoms with van der Waals surface area (Å²) in [6.45, 7) is 0. The Hall–Kier alpha value is -7.48. The number of furan rings is 1. The highest BCUT2D eigenvalue weighted by atomic mass is 16.3. The minimum absolute atomic E-state index is 0.526. The Bertz CT molecular complexity index is 5430. The van der Waals surface area contributed by atoms with Crippen molar-refractivity contribution < 1.29 is 49.7 Å². The molecule has 12 aromatic rings. The monoisotopic (exact) mass is 755 g/mol. The predicted octanol–water partition coefficient (Wildman–Crippen LogP) is 16.0. The number of hydrogen-bond acceptors (Lipinski definition) is 1. The van der Waals surface area contributed by atoms with Crippen LogP contribution in [0.3, 0.4) is 0 Å². The van der Waals surface area contributed by atoms with Crippen LogP contribution in [-0.4, -0.2) is 0 Å². The zero-order valence-electron chi connectivity index (χ0n) is 61.5.